The van der Waals surface area contributed by atoms with E-state index in [2.05, 4.69) is 57.2 Å². The predicted octanol–water partition coefficient (Wildman–Crippen LogP) is 4.97. The molecule has 0 bridgehead atoms. The molecule has 19 heavy (non-hydrogen) atoms. The Bertz CT molecular complexity index is 596. The Balaban J connectivity index is 2.33. The first kappa shape index (κ1) is 14.6. The summed E-state index contributed by atoms with van der Waals surface area (Å²) in [5.41, 5.74) is 3.33. The van der Waals surface area contributed by atoms with Crippen molar-refractivity contribution in [2.24, 2.45) is 0 Å². The third-order valence-corrected chi connectivity index (χ3v) is 4.56. The Morgan fingerprint density at radius 1 is 1.16 bits per heavy atom. The Hall–Kier alpha value is -0.780. The van der Waals surface area contributed by atoms with E-state index in [1.54, 1.807) is 6.07 Å². The van der Waals surface area contributed by atoms with Gasteiger partial charge in [-0.15, -0.1) is 0 Å². The van der Waals surface area contributed by atoms with Gasteiger partial charge in [-0.1, -0.05) is 39.3 Å². The minimum atomic E-state index is 0.437. The first-order valence-electron chi connectivity index (χ1n) is 5.62. The number of hydrogen-bond acceptors (Lipinski definition) is 4. The highest BCUT2D eigenvalue weighted by Crippen LogP contribution is 2.27. The van der Waals surface area contributed by atoms with E-state index in [9.17, 15) is 0 Å². The lowest BCUT2D eigenvalue weighted by atomic mass is 10.1. The number of hydrogen-bond donors (Lipinski definition) is 1. The largest absolute Gasteiger partial charge is 0.340 e. The molecule has 0 atom stereocenters. The number of halogens is 2. The van der Waals surface area contributed by atoms with Gasteiger partial charge in [0.1, 0.15) is 11.0 Å². The van der Waals surface area contributed by atoms with Crippen LogP contribution in [0.3, 0.4) is 0 Å². The van der Waals surface area contributed by atoms with E-state index in [-0.39, 0.29) is 0 Å². The van der Waals surface area contributed by atoms with E-state index >= 15 is 0 Å². The van der Waals surface area contributed by atoms with E-state index in [0.29, 0.717) is 16.1 Å². The summed E-state index contributed by atoms with van der Waals surface area (Å²) in [5, 5.41) is 4.35. The van der Waals surface area contributed by atoms with Crippen molar-refractivity contribution in [1.82, 2.24) is 9.97 Å². The molecule has 0 saturated heterocycles. The average molecular weight is 359 g/mol. The number of anilines is 2. The Morgan fingerprint density at radius 2 is 1.79 bits per heavy atom. The molecule has 2 rings (SSSR count). The van der Waals surface area contributed by atoms with Crippen molar-refractivity contribution in [3.63, 3.8) is 0 Å². The van der Waals surface area contributed by atoms with Crippen molar-refractivity contribution >= 4 is 50.8 Å². The molecule has 1 aromatic heterocycles. The average Bonchev–Trinajstić information content (AvgIpc) is 2.35. The lowest BCUT2D eigenvalue weighted by molar-refractivity contribution is 0.976. The summed E-state index contributed by atoms with van der Waals surface area (Å²) in [7, 11) is 0. The lowest BCUT2D eigenvalue weighted by Gasteiger charge is -2.10. The van der Waals surface area contributed by atoms with Crippen LogP contribution in [0.2, 0.25) is 5.15 Å². The number of aryl methyl sites for hydroxylation is 2. The van der Waals surface area contributed by atoms with Crippen LogP contribution < -0.4 is 5.32 Å². The van der Waals surface area contributed by atoms with Gasteiger partial charge in [0.05, 0.1) is 0 Å². The zero-order valence-electron chi connectivity index (χ0n) is 10.8. The Kier molecular flexibility index (Phi) is 4.71. The molecular weight excluding hydrogens is 346 g/mol. The number of rotatable bonds is 3. The van der Waals surface area contributed by atoms with Gasteiger partial charge < -0.3 is 5.32 Å². The van der Waals surface area contributed by atoms with E-state index in [0.717, 1.165) is 10.2 Å². The summed E-state index contributed by atoms with van der Waals surface area (Å²) in [6.07, 6.45) is 1.92. The fourth-order valence-corrected chi connectivity index (χ4v) is 2.56. The fourth-order valence-electron chi connectivity index (χ4n) is 1.72. The van der Waals surface area contributed by atoms with E-state index in [1.165, 1.54) is 22.9 Å². The van der Waals surface area contributed by atoms with Crippen LogP contribution in [-0.2, 0) is 0 Å². The molecule has 2 aromatic rings. The SMILES string of the molecule is CSc1nc(Cl)cc(Nc2cc(C)c(Br)c(C)c2)n1. The monoisotopic (exact) mass is 357 g/mol. The maximum atomic E-state index is 5.97. The van der Waals surface area contributed by atoms with Gasteiger partial charge in [0.25, 0.3) is 0 Å². The van der Waals surface area contributed by atoms with Gasteiger partial charge in [0, 0.05) is 16.2 Å². The molecule has 0 fully saturated rings. The minimum absolute atomic E-state index is 0.437. The maximum absolute atomic E-state index is 5.97. The second-order valence-corrected chi connectivity index (χ2v) is 6.07. The summed E-state index contributed by atoms with van der Waals surface area (Å²) < 4.78 is 1.13. The second kappa shape index (κ2) is 6.11. The fraction of sp³-hybridized carbons (Fsp3) is 0.231. The topological polar surface area (TPSA) is 37.8 Å². The highest BCUT2D eigenvalue weighted by atomic mass is 79.9. The van der Waals surface area contributed by atoms with Gasteiger partial charge in [0.2, 0.25) is 0 Å². The predicted molar refractivity (Wildman–Crippen MR) is 85.7 cm³/mol. The van der Waals surface area contributed by atoms with Crippen LogP contribution in [0.25, 0.3) is 0 Å². The summed E-state index contributed by atoms with van der Waals surface area (Å²) in [5.74, 6) is 0.700. The van der Waals surface area contributed by atoms with Crippen molar-refractivity contribution in [3.8, 4) is 0 Å². The summed E-state index contributed by atoms with van der Waals surface area (Å²) in [6, 6.07) is 5.84. The molecule has 1 heterocycles. The van der Waals surface area contributed by atoms with Crippen LogP contribution in [0, 0.1) is 13.8 Å². The van der Waals surface area contributed by atoms with Gasteiger partial charge in [-0.05, 0) is 43.4 Å². The molecule has 100 valence electrons. The molecule has 0 aliphatic rings. The standard InChI is InChI=1S/C13H13BrClN3S/c1-7-4-9(5-8(2)12(7)14)16-11-6-10(15)17-13(18-11)19-3/h4-6H,1-3H3,(H,16,17,18). The van der Waals surface area contributed by atoms with Gasteiger partial charge in [-0.3, -0.25) is 0 Å². The normalized spacial score (nSPS) is 10.6. The molecule has 0 unspecified atom stereocenters. The number of nitrogens with one attached hydrogen (secondary N) is 1. The molecule has 0 amide bonds. The van der Waals surface area contributed by atoms with Crippen molar-refractivity contribution in [3.05, 3.63) is 39.0 Å². The van der Waals surface area contributed by atoms with E-state index in [4.69, 9.17) is 11.6 Å². The number of thioether (sulfide) groups is 1. The first-order valence-corrected chi connectivity index (χ1v) is 8.01. The zero-order valence-corrected chi connectivity index (χ0v) is 13.9. The van der Waals surface area contributed by atoms with Crippen molar-refractivity contribution in [2.75, 3.05) is 11.6 Å². The van der Waals surface area contributed by atoms with Crippen molar-refractivity contribution in [2.45, 2.75) is 19.0 Å². The van der Waals surface area contributed by atoms with Gasteiger partial charge >= 0.3 is 0 Å². The Morgan fingerprint density at radius 3 is 2.37 bits per heavy atom. The van der Waals surface area contributed by atoms with Gasteiger partial charge in [-0.25, -0.2) is 9.97 Å². The van der Waals surface area contributed by atoms with Gasteiger partial charge in [0.15, 0.2) is 5.16 Å². The van der Waals surface area contributed by atoms with E-state index < -0.39 is 0 Å². The molecule has 0 saturated carbocycles. The third-order valence-electron chi connectivity index (χ3n) is 2.57. The van der Waals surface area contributed by atoms with Crippen LogP contribution in [-0.4, -0.2) is 16.2 Å². The molecule has 1 N–H and O–H groups in total. The van der Waals surface area contributed by atoms with Crippen LogP contribution in [0.4, 0.5) is 11.5 Å². The quantitative estimate of drug-likeness (QED) is 0.477. The van der Waals surface area contributed by atoms with Crippen LogP contribution in [0.15, 0.2) is 27.8 Å². The highest BCUT2D eigenvalue weighted by Gasteiger charge is 2.06. The number of nitrogens with zero attached hydrogens (tertiary/aromatic N) is 2. The molecule has 3 nitrogen and oxygen atoms in total. The first-order chi connectivity index (χ1) is 8.99. The summed E-state index contributed by atoms with van der Waals surface area (Å²) in [4.78, 5) is 8.49. The molecular formula is C13H13BrClN3S. The van der Waals surface area contributed by atoms with Crippen molar-refractivity contribution in [1.29, 1.82) is 0 Å². The molecule has 0 spiro atoms. The number of aromatic nitrogens is 2. The smallest absolute Gasteiger partial charge is 0.190 e. The number of benzene rings is 1. The molecule has 0 aliphatic carbocycles. The summed E-state index contributed by atoms with van der Waals surface area (Å²) in [6.45, 7) is 4.12. The minimum Gasteiger partial charge on any atom is -0.340 e. The Labute approximate surface area is 130 Å². The van der Waals surface area contributed by atoms with Gasteiger partial charge in [-0.2, -0.15) is 0 Å². The third kappa shape index (κ3) is 3.61. The van der Waals surface area contributed by atoms with Crippen molar-refractivity contribution < 1.29 is 0 Å². The lowest BCUT2D eigenvalue weighted by Crippen LogP contribution is -1.98. The molecule has 1 aromatic carbocycles. The molecule has 0 radical (unpaired) electrons. The summed E-state index contributed by atoms with van der Waals surface area (Å²) >= 11 is 11.0. The molecule has 0 aliphatic heterocycles. The zero-order chi connectivity index (χ0) is 14.0. The maximum Gasteiger partial charge on any atom is 0.190 e. The van der Waals surface area contributed by atoms with E-state index in [1.807, 2.05) is 6.26 Å². The van der Waals surface area contributed by atoms with Crippen LogP contribution in [0.1, 0.15) is 11.1 Å². The van der Waals surface area contributed by atoms with Crippen LogP contribution >= 0.6 is 39.3 Å². The second-order valence-electron chi connectivity index (χ2n) is 4.11. The highest BCUT2D eigenvalue weighted by molar-refractivity contribution is 9.10. The van der Waals surface area contributed by atoms with Crippen LogP contribution in [0.5, 0.6) is 0 Å². The molecule has 6 heteroatoms.